The molecule has 3 N–H and O–H groups in total. The van der Waals surface area contributed by atoms with Gasteiger partial charge in [-0.15, -0.1) is 0 Å². The molecule has 2 rings (SSSR count). The number of anilines is 2. The summed E-state index contributed by atoms with van der Waals surface area (Å²) in [5, 5.41) is 2.79. The Morgan fingerprint density at radius 1 is 1.54 bits per heavy atom. The first-order valence-electron chi connectivity index (χ1n) is 3.75. The molecule has 0 spiro atoms. The average Bonchev–Trinajstić information content (AvgIpc) is 2.06. The van der Waals surface area contributed by atoms with E-state index in [1.807, 2.05) is 0 Å². The molecule has 68 valence electrons. The molecule has 0 radical (unpaired) electrons. The maximum Gasteiger partial charge on any atom is 0.330 e. The summed E-state index contributed by atoms with van der Waals surface area (Å²) in [4.78, 5) is 18.6. The lowest BCUT2D eigenvalue weighted by Gasteiger charge is -2.17. The van der Waals surface area contributed by atoms with E-state index in [4.69, 9.17) is 10.5 Å². The number of carbonyl (C=O) groups excluding carboxylic acids is 1. The lowest BCUT2D eigenvalue weighted by Crippen LogP contribution is -2.26. The summed E-state index contributed by atoms with van der Waals surface area (Å²) < 4.78 is 4.94. The van der Waals surface area contributed by atoms with Crippen molar-refractivity contribution in [2.45, 2.75) is 6.92 Å². The van der Waals surface area contributed by atoms with E-state index in [1.165, 1.54) is 0 Å². The Labute approximate surface area is 74.1 Å². The molecule has 0 saturated heterocycles. The van der Waals surface area contributed by atoms with Crippen LogP contribution in [0.25, 0.3) is 0 Å². The van der Waals surface area contributed by atoms with E-state index in [0.29, 0.717) is 17.3 Å². The van der Waals surface area contributed by atoms with Crippen LogP contribution in [0.5, 0.6) is 5.75 Å². The lowest BCUT2D eigenvalue weighted by atomic mass is 10.3. The van der Waals surface area contributed by atoms with Crippen LogP contribution in [0, 0.1) is 6.92 Å². The first-order chi connectivity index (χ1) is 6.16. The number of hydrogen-bond donors (Lipinski definition) is 2. The number of aryl methyl sites for hydroxylation is 1. The number of ether oxygens (including phenoxy) is 1. The van der Waals surface area contributed by atoms with Crippen molar-refractivity contribution in [3.05, 3.63) is 5.69 Å². The van der Waals surface area contributed by atoms with Gasteiger partial charge in [-0.05, 0) is 6.92 Å². The summed E-state index contributed by atoms with van der Waals surface area (Å²) in [5.74, 6) is 0.667. The number of rotatable bonds is 0. The highest BCUT2D eigenvalue weighted by Crippen LogP contribution is 2.28. The highest BCUT2D eigenvalue weighted by Gasteiger charge is 2.20. The van der Waals surface area contributed by atoms with Gasteiger partial charge in [-0.2, -0.15) is 4.98 Å². The molecule has 0 unspecified atom stereocenters. The van der Waals surface area contributed by atoms with Gasteiger partial charge in [0.05, 0.1) is 5.69 Å². The number of fused-ring (bicyclic) bond motifs is 1. The summed E-state index contributed by atoms with van der Waals surface area (Å²) in [6.45, 7) is 1.82. The minimum atomic E-state index is -0.344. The van der Waals surface area contributed by atoms with Gasteiger partial charge in [0.1, 0.15) is 6.54 Å². The summed E-state index contributed by atoms with van der Waals surface area (Å²) in [6.07, 6.45) is 0. The third kappa shape index (κ3) is 1.26. The van der Waals surface area contributed by atoms with E-state index in [0.717, 1.165) is 0 Å². The van der Waals surface area contributed by atoms with E-state index < -0.39 is 0 Å². The van der Waals surface area contributed by atoms with Crippen molar-refractivity contribution in [2.24, 2.45) is 0 Å². The molecule has 2 heterocycles. The topological polar surface area (TPSA) is 90.1 Å². The number of nitrogens with zero attached hydrogens (tertiary/aromatic N) is 2. The van der Waals surface area contributed by atoms with Crippen LogP contribution in [0.3, 0.4) is 0 Å². The fraction of sp³-hybridized carbons (Fsp3) is 0.286. The number of hydrogen-bond acceptors (Lipinski definition) is 6. The van der Waals surface area contributed by atoms with E-state index >= 15 is 0 Å². The van der Waals surface area contributed by atoms with Crippen molar-refractivity contribution in [1.29, 1.82) is 0 Å². The molecule has 0 saturated carbocycles. The van der Waals surface area contributed by atoms with E-state index in [1.54, 1.807) is 6.92 Å². The van der Waals surface area contributed by atoms with Crippen LogP contribution in [-0.4, -0.2) is 22.5 Å². The largest absolute Gasteiger partial charge is 0.419 e. The van der Waals surface area contributed by atoms with Crippen LogP contribution < -0.4 is 15.8 Å². The maximum atomic E-state index is 10.9. The standard InChI is InChI=1S/C7H8N4O2/c1-3-5-6(11-7(8)10-3)9-2-4(12)13-5/h2H2,1H3,(H3,8,9,10,11). The van der Waals surface area contributed by atoms with E-state index in [9.17, 15) is 4.79 Å². The number of aromatic nitrogens is 2. The zero-order chi connectivity index (χ0) is 9.42. The molecular weight excluding hydrogens is 172 g/mol. The molecule has 13 heavy (non-hydrogen) atoms. The van der Waals surface area contributed by atoms with Gasteiger partial charge in [-0.25, -0.2) is 9.78 Å². The number of nitrogens with one attached hydrogen (secondary N) is 1. The Morgan fingerprint density at radius 3 is 3.08 bits per heavy atom. The molecule has 6 heteroatoms. The molecule has 1 aromatic heterocycles. The van der Waals surface area contributed by atoms with Gasteiger partial charge in [-0.1, -0.05) is 0 Å². The Hall–Kier alpha value is -1.85. The van der Waals surface area contributed by atoms with Crippen LogP contribution >= 0.6 is 0 Å². The first kappa shape index (κ1) is 7.78. The smallest absolute Gasteiger partial charge is 0.330 e. The maximum absolute atomic E-state index is 10.9. The van der Waals surface area contributed by atoms with Gasteiger partial charge in [0.2, 0.25) is 5.95 Å². The minimum Gasteiger partial charge on any atom is -0.419 e. The summed E-state index contributed by atoms with van der Waals surface area (Å²) >= 11 is 0. The second-order valence-corrected chi connectivity index (χ2v) is 2.67. The summed E-state index contributed by atoms with van der Waals surface area (Å²) in [5.41, 5.74) is 5.97. The highest BCUT2D eigenvalue weighted by molar-refractivity contribution is 5.82. The Bertz CT molecular complexity index is 377. The number of esters is 1. The summed E-state index contributed by atoms with van der Waals surface area (Å²) in [7, 11) is 0. The van der Waals surface area contributed by atoms with Crippen molar-refractivity contribution in [3.8, 4) is 5.75 Å². The van der Waals surface area contributed by atoms with Crippen molar-refractivity contribution < 1.29 is 9.53 Å². The second-order valence-electron chi connectivity index (χ2n) is 2.67. The predicted molar refractivity (Wildman–Crippen MR) is 45.3 cm³/mol. The molecule has 0 atom stereocenters. The number of nitrogen functional groups attached to an aromatic ring is 1. The third-order valence-electron chi connectivity index (χ3n) is 1.67. The van der Waals surface area contributed by atoms with Crippen LogP contribution in [0.15, 0.2) is 0 Å². The molecule has 1 aromatic rings. The average molecular weight is 180 g/mol. The molecule has 0 aromatic carbocycles. The minimum absolute atomic E-state index is 0.114. The van der Waals surface area contributed by atoms with Gasteiger partial charge in [0.15, 0.2) is 11.6 Å². The van der Waals surface area contributed by atoms with Gasteiger partial charge in [0, 0.05) is 0 Å². The van der Waals surface area contributed by atoms with Gasteiger partial charge in [-0.3, -0.25) is 0 Å². The van der Waals surface area contributed by atoms with Gasteiger partial charge in [0.25, 0.3) is 0 Å². The first-order valence-corrected chi connectivity index (χ1v) is 3.75. The van der Waals surface area contributed by atoms with Gasteiger partial charge >= 0.3 is 5.97 Å². The van der Waals surface area contributed by atoms with Crippen molar-refractivity contribution in [2.75, 3.05) is 17.6 Å². The molecule has 0 aliphatic carbocycles. The summed E-state index contributed by atoms with van der Waals surface area (Å²) in [6, 6.07) is 0. The van der Waals surface area contributed by atoms with Crippen LogP contribution in [0.2, 0.25) is 0 Å². The predicted octanol–water partition coefficient (Wildman–Crippen LogP) is -0.302. The molecule has 0 bridgehead atoms. The molecular formula is C7H8N4O2. The Balaban J connectivity index is 2.53. The molecule has 0 amide bonds. The number of carbonyl (C=O) groups is 1. The van der Waals surface area contributed by atoms with Crippen molar-refractivity contribution >= 4 is 17.7 Å². The molecule has 1 aliphatic rings. The zero-order valence-corrected chi connectivity index (χ0v) is 7.00. The van der Waals surface area contributed by atoms with Crippen LogP contribution in [-0.2, 0) is 4.79 Å². The second kappa shape index (κ2) is 2.58. The Morgan fingerprint density at radius 2 is 2.31 bits per heavy atom. The van der Waals surface area contributed by atoms with Crippen molar-refractivity contribution in [1.82, 2.24) is 9.97 Å². The monoisotopic (exact) mass is 180 g/mol. The highest BCUT2D eigenvalue weighted by atomic mass is 16.5. The molecule has 0 fully saturated rings. The third-order valence-corrected chi connectivity index (χ3v) is 1.67. The van der Waals surface area contributed by atoms with Crippen LogP contribution in [0.4, 0.5) is 11.8 Å². The molecule has 1 aliphatic heterocycles. The normalized spacial score (nSPS) is 14.4. The fourth-order valence-corrected chi connectivity index (χ4v) is 1.13. The Kier molecular flexibility index (Phi) is 1.54. The zero-order valence-electron chi connectivity index (χ0n) is 7.00. The lowest BCUT2D eigenvalue weighted by molar-refractivity contribution is -0.132. The van der Waals surface area contributed by atoms with Crippen LogP contribution in [0.1, 0.15) is 5.69 Å². The molecule has 6 nitrogen and oxygen atoms in total. The van der Waals surface area contributed by atoms with Gasteiger partial charge < -0.3 is 15.8 Å². The number of nitrogens with two attached hydrogens (primary N) is 1. The fourth-order valence-electron chi connectivity index (χ4n) is 1.13. The van der Waals surface area contributed by atoms with E-state index in [-0.39, 0.29) is 18.5 Å². The quantitative estimate of drug-likeness (QED) is 0.532. The SMILES string of the molecule is Cc1nc(N)nc2c1OC(=O)CN2. The van der Waals surface area contributed by atoms with Crippen molar-refractivity contribution in [3.63, 3.8) is 0 Å². The van der Waals surface area contributed by atoms with E-state index in [2.05, 4.69) is 15.3 Å².